The Labute approximate surface area is 131 Å². The summed E-state index contributed by atoms with van der Waals surface area (Å²) in [6.07, 6.45) is 0.882. The molecule has 0 amide bonds. The van der Waals surface area contributed by atoms with E-state index in [0.29, 0.717) is 17.8 Å². The van der Waals surface area contributed by atoms with Crippen molar-refractivity contribution in [3.05, 3.63) is 52.6 Å². The minimum absolute atomic E-state index is 0.0101. The van der Waals surface area contributed by atoms with Crippen LogP contribution in [0.3, 0.4) is 0 Å². The molecule has 0 radical (unpaired) electrons. The maximum Gasteiger partial charge on any atom is 0.262 e. The van der Waals surface area contributed by atoms with Crippen LogP contribution in [0.1, 0.15) is 19.2 Å². The van der Waals surface area contributed by atoms with Crippen LogP contribution in [0.5, 0.6) is 0 Å². The Morgan fingerprint density at radius 3 is 2.71 bits per heavy atom. The molecule has 3 nitrogen and oxygen atoms in total. The van der Waals surface area contributed by atoms with E-state index in [4.69, 9.17) is 11.6 Å². The van der Waals surface area contributed by atoms with Crippen LogP contribution in [0.2, 0.25) is 0 Å². The van der Waals surface area contributed by atoms with Crippen LogP contribution in [0.4, 0.5) is 0 Å². The predicted molar refractivity (Wildman–Crippen MR) is 89.2 cm³/mol. The number of halogens is 1. The summed E-state index contributed by atoms with van der Waals surface area (Å²) in [6, 6.07) is 12.0. The molecule has 2 heterocycles. The molecule has 5 heteroatoms. The largest absolute Gasteiger partial charge is 0.295 e. The lowest BCUT2D eigenvalue weighted by Crippen LogP contribution is -2.24. The third-order valence-electron chi connectivity index (χ3n) is 3.36. The summed E-state index contributed by atoms with van der Waals surface area (Å²) < 4.78 is 1.69. The zero-order chi connectivity index (χ0) is 14.8. The highest BCUT2D eigenvalue weighted by Gasteiger charge is 2.13. The van der Waals surface area contributed by atoms with Gasteiger partial charge in [0, 0.05) is 11.4 Å². The topological polar surface area (TPSA) is 34.9 Å². The monoisotopic (exact) mass is 318 g/mol. The summed E-state index contributed by atoms with van der Waals surface area (Å²) in [5, 5.41) is 0.682. The second kappa shape index (κ2) is 6.00. The normalized spacial score (nSPS) is 11.1. The average Bonchev–Trinajstić information content (AvgIpc) is 2.95. The Bertz CT molecular complexity index is 823. The van der Waals surface area contributed by atoms with E-state index in [2.05, 4.69) is 4.98 Å². The van der Waals surface area contributed by atoms with Crippen molar-refractivity contribution in [2.75, 3.05) is 0 Å². The standard InChI is InChI=1S/C16H15ClN2OS/c1-2-8-19-14(10-17)18-15-12(16(19)20)9-13(21-15)11-6-4-3-5-7-11/h3-7,9H,2,8,10H2,1H3. The van der Waals surface area contributed by atoms with Gasteiger partial charge in [0.1, 0.15) is 10.7 Å². The molecule has 0 saturated carbocycles. The summed E-state index contributed by atoms with van der Waals surface area (Å²) in [5.41, 5.74) is 1.12. The van der Waals surface area contributed by atoms with Crippen LogP contribution in [0.25, 0.3) is 20.7 Å². The zero-order valence-corrected chi connectivity index (χ0v) is 13.2. The van der Waals surface area contributed by atoms with Gasteiger partial charge in [-0.15, -0.1) is 22.9 Å². The maximum atomic E-state index is 12.6. The fourth-order valence-corrected chi connectivity index (χ4v) is 3.61. The highest BCUT2D eigenvalue weighted by atomic mass is 35.5. The lowest BCUT2D eigenvalue weighted by atomic mass is 10.2. The predicted octanol–water partition coefficient (Wildman–Crippen LogP) is 4.27. The van der Waals surface area contributed by atoms with E-state index in [1.54, 1.807) is 4.57 Å². The minimum atomic E-state index is 0.0101. The van der Waals surface area contributed by atoms with Crippen LogP contribution in [0.15, 0.2) is 41.2 Å². The lowest BCUT2D eigenvalue weighted by molar-refractivity contribution is 0.622. The first kappa shape index (κ1) is 14.3. The van der Waals surface area contributed by atoms with Crippen LogP contribution in [-0.4, -0.2) is 9.55 Å². The van der Waals surface area contributed by atoms with Gasteiger partial charge in [-0.1, -0.05) is 37.3 Å². The maximum absolute atomic E-state index is 12.6. The summed E-state index contributed by atoms with van der Waals surface area (Å²) in [6.45, 7) is 2.69. The Balaban J connectivity index is 2.22. The first-order chi connectivity index (χ1) is 10.2. The van der Waals surface area contributed by atoms with E-state index in [9.17, 15) is 4.79 Å². The van der Waals surface area contributed by atoms with Crippen LogP contribution in [0, 0.1) is 0 Å². The molecule has 3 rings (SSSR count). The molecule has 0 aliphatic carbocycles. The van der Waals surface area contributed by atoms with Gasteiger partial charge in [0.2, 0.25) is 0 Å². The van der Waals surface area contributed by atoms with E-state index in [-0.39, 0.29) is 11.4 Å². The van der Waals surface area contributed by atoms with Gasteiger partial charge in [-0.2, -0.15) is 0 Å². The molecular weight excluding hydrogens is 304 g/mol. The number of aromatic nitrogens is 2. The molecule has 0 atom stereocenters. The van der Waals surface area contributed by atoms with Crippen molar-refractivity contribution in [1.82, 2.24) is 9.55 Å². The van der Waals surface area contributed by atoms with Gasteiger partial charge in [-0.3, -0.25) is 9.36 Å². The van der Waals surface area contributed by atoms with Gasteiger partial charge in [-0.25, -0.2) is 4.98 Å². The van der Waals surface area contributed by atoms with E-state index in [0.717, 1.165) is 21.7 Å². The highest BCUT2D eigenvalue weighted by Crippen LogP contribution is 2.31. The number of nitrogens with zero attached hydrogens (tertiary/aromatic N) is 2. The van der Waals surface area contributed by atoms with Crippen LogP contribution in [-0.2, 0) is 12.4 Å². The van der Waals surface area contributed by atoms with E-state index in [1.165, 1.54) is 11.3 Å². The van der Waals surface area contributed by atoms with Gasteiger partial charge < -0.3 is 0 Å². The van der Waals surface area contributed by atoms with Gasteiger partial charge >= 0.3 is 0 Å². The molecule has 0 saturated heterocycles. The molecule has 0 aliphatic rings. The van der Waals surface area contributed by atoms with Gasteiger partial charge in [0.15, 0.2) is 0 Å². The summed E-state index contributed by atoms with van der Waals surface area (Å²) in [7, 11) is 0. The van der Waals surface area contributed by atoms with Gasteiger partial charge in [0.25, 0.3) is 5.56 Å². The number of alkyl halides is 1. The fraction of sp³-hybridized carbons (Fsp3) is 0.250. The number of thiophene rings is 1. The Kier molecular flexibility index (Phi) is 4.08. The Morgan fingerprint density at radius 2 is 2.05 bits per heavy atom. The Hall–Kier alpha value is -1.65. The molecule has 0 fully saturated rings. The Morgan fingerprint density at radius 1 is 1.29 bits per heavy atom. The van der Waals surface area contributed by atoms with Gasteiger partial charge in [-0.05, 0) is 18.1 Å². The van der Waals surface area contributed by atoms with Crippen molar-refractivity contribution < 1.29 is 0 Å². The molecule has 0 N–H and O–H groups in total. The van der Waals surface area contributed by atoms with E-state index < -0.39 is 0 Å². The number of rotatable bonds is 4. The van der Waals surface area contributed by atoms with Crippen molar-refractivity contribution in [3.63, 3.8) is 0 Å². The smallest absolute Gasteiger partial charge is 0.262 e. The van der Waals surface area contributed by atoms with Crippen molar-refractivity contribution in [1.29, 1.82) is 0 Å². The van der Waals surface area contributed by atoms with Gasteiger partial charge in [0.05, 0.1) is 11.3 Å². The first-order valence-electron chi connectivity index (χ1n) is 6.89. The minimum Gasteiger partial charge on any atom is -0.295 e. The molecule has 0 bridgehead atoms. The number of hydrogen-bond donors (Lipinski definition) is 0. The van der Waals surface area contributed by atoms with Crippen LogP contribution < -0.4 is 5.56 Å². The number of benzene rings is 1. The summed E-state index contributed by atoms with van der Waals surface area (Å²) >= 11 is 7.48. The quantitative estimate of drug-likeness (QED) is 0.673. The molecule has 0 unspecified atom stereocenters. The van der Waals surface area contributed by atoms with Crippen molar-refractivity contribution in [2.24, 2.45) is 0 Å². The van der Waals surface area contributed by atoms with Crippen molar-refractivity contribution in [2.45, 2.75) is 25.8 Å². The van der Waals surface area contributed by atoms with Crippen molar-refractivity contribution >= 4 is 33.2 Å². The summed E-state index contributed by atoms with van der Waals surface area (Å²) in [4.78, 5) is 19.0. The average molecular weight is 319 g/mol. The molecule has 2 aromatic heterocycles. The van der Waals surface area contributed by atoms with E-state index >= 15 is 0 Å². The summed E-state index contributed by atoms with van der Waals surface area (Å²) in [5.74, 6) is 0.904. The fourth-order valence-electron chi connectivity index (χ4n) is 2.36. The first-order valence-corrected chi connectivity index (χ1v) is 8.24. The molecule has 3 aromatic rings. The molecule has 0 spiro atoms. The SMILES string of the molecule is CCCn1c(CCl)nc2sc(-c3ccccc3)cc2c1=O. The third kappa shape index (κ3) is 2.61. The molecule has 0 aliphatic heterocycles. The number of hydrogen-bond acceptors (Lipinski definition) is 3. The third-order valence-corrected chi connectivity index (χ3v) is 4.67. The molecule has 1 aromatic carbocycles. The van der Waals surface area contributed by atoms with Crippen molar-refractivity contribution in [3.8, 4) is 10.4 Å². The molecular formula is C16H15ClN2OS. The van der Waals surface area contributed by atoms with Crippen LogP contribution >= 0.6 is 22.9 Å². The second-order valence-corrected chi connectivity index (χ2v) is 6.11. The second-order valence-electron chi connectivity index (χ2n) is 4.81. The molecule has 108 valence electrons. The number of fused-ring (bicyclic) bond motifs is 1. The lowest BCUT2D eigenvalue weighted by Gasteiger charge is -2.08. The molecule has 21 heavy (non-hydrogen) atoms. The van der Waals surface area contributed by atoms with E-state index in [1.807, 2.05) is 43.3 Å². The zero-order valence-electron chi connectivity index (χ0n) is 11.7. The highest BCUT2D eigenvalue weighted by molar-refractivity contribution is 7.21.